The van der Waals surface area contributed by atoms with Crippen LogP contribution in [0.3, 0.4) is 0 Å². The number of pyridine rings is 1. The van der Waals surface area contributed by atoms with Gasteiger partial charge in [-0.3, -0.25) is 14.7 Å². The third-order valence-corrected chi connectivity index (χ3v) is 4.78. The minimum Gasteiger partial charge on any atom is -0.393 e. The topological polar surface area (TPSA) is 65.5 Å². The number of carbonyl (C=O) groups is 1. The van der Waals surface area contributed by atoms with E-state index in [9.17, 15) is 14.3 Å². The van der Waals surface area contributed by atoms with E-state index in [0.717, 1.165) is 11.1 Å². The summed E-state index contributed by atoms with van der Waals surface area (Å²) in [5.41, 5.74) is 1.96. The van der Waals surface area contributed by atoms with E-state index in [1.165, 1.54) is 12.1 Å². The molecule has 1 saturated carbocycles. The zero-order chi connectivity index (χ0) is 18.5. The van der Waals surface area contributed by atoms with Crippen molar-refractivity contribution in [2.75, 3.05) is 13.6 Å². The first-order valence-electron chi connectivity index (χ1n) is 8.81. The molecule has 2 N–H and O–H groups in total. The molecule has 0 bridgehead atoms. The van der Waals surface area contributed by atoms with Crippen LogP contribution in [0.2, 0.25) is 0 Å². The fraction of sp³-hybridized carbons (Fsp3) is 0.400. The number of hydrogen-bond acceptors (Lipinski definition) is 4. The molecule has 2 aromatic rings. The normalized spacial score (nSPS) is 20.5. The highest BCUT2D eigenvalue weighted by Crippen LogP contribution is 2.38. The molecule has 1 heterocycles. The first kappa shape index (κ1) is 18.5. The highest BCUT2D eigenvalue weighted by Gasteiger charge is 2.35. The zero-order valence-corrected chi connectivity index (χ0v) is 14.8. The Balaban J connectivity index is 1.60. The van der Waals surface area contributed by atoms with Crippen LogP contribution in [0, 0.1) is 11.7 Å². The number of nitrogens with one attached hydrogen (secondary N) is 1. The molecular formula is C20H24FN3O2. The van der Waals surface area contributed by atoms with Crippen LogP contribution in [0.5, 0.6) is 0 Å². The molecule has 0 spiro atoms. The van der Waals surface area contributed by atoms with Gasteiger partial charge in [-0.05, 0) is 61.2 Å². The molecule has 1 atom stereocenters. The van der Waals surface area contributed by atoms with Gasteiger partial charge in [-0.15, -0.1) is 0 Å². The van der Waals surface area contributed by atoms with Crippen LogP contribution in [-0.2, 0) is 11.3 Å². The van der Waals surface area contributed by atoms with Crippen molar-refractivity contribution in [2.45, 2.75) is 31.5 Å². The molecule has 1 unspecified atom stereocenters. The van der Waals surface area contributed by atoms with E-state index in [1.807, 2.05) is 24.1 Å². The van der Waals surface area contributed by atoms with Gasteiger partial charge in [-0.25, -0.2) is 4.39 Å². The highest BCUT2D eigenvalue weighted by molar-refractivity contribution is 5.78. The van der Waals surface area contributed by atoms with Crippen LogP contribution < -0.4 is 5.32 Å². The summed E-state index contributed by atoms with van der Waals surface area (Å²) in [5, 5.41) is 12.7. The van der Waals surface area contributed by atoms with Crippen molar-refractivity contribution < 1.29 is 14.3 Å². The van der Waals surface area contributed by atoms with E-state index < -0.39 is 0 Å². The van der Waals surface area contributed by atoms with Crippen LogP contribution in [0.4, 0.5) is 4.39 Å². The molecule has 0 saturated heterocycles. The van der Waals surface area contributed by atoms with Crippen molar-refractivity contribution in [3.05, 3.63) is 65.7 Å². The Bertz CT molecular complexity index is 718. The number of aromatic nitrogens is 1. The Morgan fingerprint density at radius 3 is 2.54 bits per heavy atom. The fourth-order valence-corrected chi connectivity index (χ4v) is 3.37. The van der Waals surface area contributed by atoms with Gasteiger partial charge in [0.05, 0.1) is 18.7 Å². The summed E-state index contributed by atoms with van der Waals surface area (Å²) in [7, 11) is 1.89. The molecule has 6 heteroatoms. The summed E-state index contributed by atoms with van der Waals surface area (Å²) >= 11 is 0. The number of rotatable bonds is 7. The average molecular weight is 357 g/mol. The molecule has 1 aromatic heterocycles. The molecular weight excluding hydrogens is 333 g/mol. The summed E-state index contributed by atoms with van der Waals surface area (Å²) in [6.45, 7) is 0.911. The third-order valence-electron chi connectivity index (χ3n) is 4.78. The minimum absolute atomic E-state index is 0.0859. The number of aliphatic hydroxyl groups excluding tert-OH is 1. The van der Waals surface area contributed by atoms with Crippen molar-refractivity contribution in [1.29, 1.82) is 0 Å². The predicted molar refractivity (Wildman–Crippen MR) is 96.6 cm³/mol. The van der Waals surface area contributed by atoms with Gasteiger partial charge in [-0.1, -0.05) is 12.1 Å². The summed E-state index contributed by atoms with van der Waals surface area (Å²) < 4.78 is 13.2. The van der Waals surface area contributed by atoms with E-state index >= 15 is 0 Å². The molecule has 5 nitrogen and oxygen atoms in total. The molecule has 26 heavy (non-hydrogen) atoms. The maximum absolute atomic E-state index is 13.2. The lowest BCUT2D eigenvalue weighted by molar-refractivity contribution is -0.124. The Labute approximate surface area is 152 Å². The second-order valence-electron chi connectivity index (χ2n) is 7.01. The first-order valence-corrected chi connectivity index (χ1v) is 8.81. The van der Waals surface area contributed by atoms with Crippen LogP contribution in [0.15, 0.2) is 48.8 Å². The quantitative estimate of drug-likeness (QED) is 0.798. The maximum atomic E-state index is 13.2. The average Bonchev–Trinajstić information content (AvgIpc) is 2.59. The molecule has 138 valence electrons. The van der Waals surface area contributed by atoms with Crippen LogP contribution in [0.1, 0.15) is 30.0 Å². The van der Waals surface area contributed by atoms with Crippen LogP contribution in [-0.4, -0.2) is 40.6 Å². The van der Waals surface area contributed by atoms with Gasteiger partial charge >= 0.3 is 0 Å². The Morgan fingerprint density at radius 1 is 1.27 bits per heavy atom. The smallest absolute Gasteiger partial charge is 0.234 e. The molecule has 0 radical (unpaired) electrons. The van der Waals surface area contributed by atoms with Crippen molar-refractivity contribution in [2.24, 2.45) is 5.92 Å². The number of hydrogen-bond donors (Lipinski definition) is 2. The largest absolute Gasteiger partial charge is 0.393 e. The fourth-order valence-electron chi connectivity index (χ4n) is 3.37. The number of carbonyl (C=O) groups excluding carboxylic acids is 1. The summed E-state index contributed by atoms with van der Waals surface area (Å²) in [4.78, 5) is 18.4. The number of benzene rings is 1. The third kappa shape index (κ3) is 4.86. The van der Waals surface area contributed by atoms with Gasteiger partial charge in [0.1, 0.15) is 5.82 Å². The second-order valence-corrected chi connectivity index (χ2v) is 7.01. The standard InChI is InChI=1S/C20H24FN3O2/c1-24(12-14-6-8-22-9-7-14)13-19(26)23-20(16-10-18(25)11-16)15-2-4-17(21)5-3-15/h2-9,16,18,20,25H,10-13H2,1H3,(H,23,26). The summed E-state index contributed by atoms with van der Waals surface area (Å²) in [6, 6.07) is 9.84. The van der Waals surface area contributed by atoms with Crippen LogP contribution >= 0.6 is 0 Å². The molecule has 1 amide bonds. The summed E-state index contributed by atoms with van der Waals surface area (Å²) in [5.74, 6) is -0.216. The molecule has 1 aliphatic carbocycles. The number of amides is 1. The summed E-state index contributed by atoms with van der Waals surface area (Å²) in [6.07, 6.45) is 4.45. The predicted octanol–water partition coefficient (Wildman–Crippen LogP) is 2.28. The number of halogens is 1. The van der Waals surface area contributed by atoms with Crippen molar-refractivity contribution in [3.8, 4) is 0 Å². The van der Waals surface area contributed by atoms with E-state index in [1.54, 1.807) is 24.5 Å². The first-order chi connectivity index (χ1) is 12.5. The van der Waals surface area contributed by atoms with Crippen molar-refractivity contribution >= 4 is 5.91 Å². The van der Waals surface area contributed by atoms with Gasteiger partial charge < -0.3 is 10.4 Å². The lowest BCUT2D eigenvalue weighted by Gasteiger charge is -2.38. The Hall–Kier alpha value is -2.31. The number of likely N-dealkylation sites (N-methyl/N-ethyl adjacent to an activating group) is 1. The minimum atomic E-state index is -0.311. The SMILES string of the molecule is CN(CC(=O)NC(c1ccc(F)cc1)C1CC(O)C1)Cc1ccncc1. The van der Waals surface area contributed by atoms with Gasteiger partial charge in [0.15, 0.2) is 0 Å². The van der Waals surface area contributed by atoms with E-state index in [4.69, 9.17) is 0 Å². The van der Waals surface area contributed by atoms with Crippen LogP contribution in [0.25, 0.3) is 0 Å². The van der Waals surface area contributed by atoms with Crippen molar-refractivity contribution in [3.63, 3.8) is 0 Å². The monoisotopic (exact) mass is 357 g/mol. The van der Waals surface area contributed by atoms with E-state index in [-0.39, 0.29) is 36.3 Å². The lowest BCUT2D eigenvalue weighted by atomic mass is 9.75. The Kier molecular flexibility index (Phi) is 5.96. The lowest BCUT2D eigenvalue weighted by Crippen LogP contribution is -2.44. The van der Waals surface area contributed by atoms with Gasteiger partial charge in [0.25, 0.3) is 0 Å². The molecule has 1 fully saturated rings. The van der Waals surface area contributed by atoms with E-state index in [0.29, 0.717) is 19.4 Å². The maximum Gasteiger partial charge on any atom is 0.234 e. The van der Waals surface area contributed by atoms with Gasteiger partial charge in [0, 0.05) is 18.9 Å². The number of aliphatic hydroxyl groups is 1. The molecule has 0 aliphatic heterocycles. The second kappa shape index (κ2) is 8.38. The molecule has 1 aliphatic rings. The zero-order valence-electron chi connectivity index (χ0n) is 14.8. The van der Waals surface area contributed by atoms with Crippen molar-refractivity contribution in [1.82, 2.24) is 15.2 Å². The number of nitrogens with zero attached hydrogens (tertiary/aromatic N) is 2. The molecule has 3 rings (SSSR count). The van der Waals surface area contributed by atoms with Gasteiger partial charge in [0.2, 0.25) is 5.91 Å². The van der Waals surface area contributed by atoms with E-state index in [2.05, 4.69) is 10.3 Å². The van der Waals surface area contributed by atoms with Gasteiger partial charge in [-0.2, -0.15) is 0 Å². The molecule has 1 aromatic carbocycles. The Morgan fingerprint density at radius 2 is 1.92 bits per heavy atom. The highest BCUT2D eigenvalue weighted by atomic mass is 19.1.